The van der Waals surface area contributed by atoms with E-state index in [-0.39, 0.29) is 18.8 Å². The van der Waals surface area contributed by atoms with Gasteiger partial charge in [-0.25, -0.2) is 9.78 Å². The lowest BCUT2D eigenvalue weighted by molar-refractivity contribution is -0.139. The van der Waals surface area contributed by atoms with Gasteiger partial charge < -0.3 is 9.47 Å². The lowest BCUT2D eigenvalue weighted by Gasteiger charge is -2.03. The summed E-state index contributed by atoms with van der Waals surface area (Å²) in [6.45, 7) is -0.115. The van der Waals surface area contributed by atoms with E-state index in [0.717, 1.165) is 15.8 Å². The highest BCUT2D eigenvalue weighted by Crippen LogP contribution is 2.23. The number of carbonyl (C=O) groups is 1. The molecule has 8 heteroatoms. The fourth-order valence-corrected chi connectivity index (χ4v) is 3.90. The molecular formula is C22H15N3O4S. The molecule has 0 aliphatic heterocycles. The van der Waals surface area contributed by atoms with Gasteiger partial charge in [0.05, 0.1) is 15.9 Å². The van der Waals surface area contributed by atoms with E-state index in [1.165, 1.54) is 23.5 Å². The van der Waals surface area contributed by atoms with Gasteiger partial charge in [-0.1, -0.05) is 35.6 Å². The van der Waals surface area contributed by atoms with Crippen LogP contribution in [0.5, 0.6) is 5.75 Å². The van der Waals surface area contributed by atoms with Gasteiger partial charge in [0, 0.05) is 12.1 Å². The number of carbonyl (C=O) groups excluding carboxylic acids is 1. The smallest absolute Gasteiger partial charge is 0.331 e. The zero-order valence-corrected chi connectivity index (χ0v) is 16.5. The van der Waals surface area contributed by atoms with Crippen LogP contribution >= 0.6 is 11.3 Å². The largest absolute Gasteiger partial charge is 0.479 e. The Hall–Kier alpha value is -3.96. The summed E-state index contributed by atoms with van der Waals surface area (Å²) in [5, 5.41) is 8.50. The minimum absolute atomic E-state index is 0.0214. The van der Waals surface area contributed by atoms with Crippen LogP contribution in [0.3, 0.4) is 0 Å². The number of nitrogens with zero attached hydrogens (tertiary/aromatic N) is 3. The predicted molar refractivity (Wildman–Crippen MR) is 113 cm³/mol. The molecule has 2 aromatic heterocycles. The molecule has 0 amide bonds. The van der Waals surface area contributed by atoms with E-state index in [2.05, 4.69) is 4.98 Å². The van der Waals surface area contributed by atoms with Crippen LogP contribution in [-0.4, -0.2) is 22.0 Å². The second kappa shape index (κ2) is 8.59. The molecule has 2 heterocycles. The average molecular weight is 417 g/mol. The summed E-state index contributed by atoms with van der Waals surface area (Å²) in [6.07, 6.45) is 2.91. The van der Waals surface area contributed by atoms with Crippen molar-refractivity contribution in [3.8, 4) is 11.8 Å². The van der Waals surface area contributed by atoms with Crippen molar-refractivity contribution in [2.75, 3.05) is 6.61 Å². The lowest BCUT2D eigenvalue weighted by Crippen LogP contribution is -2.14. The number of para-hydroxylation sites is 1. The second-order valence-electron chi connectivity index (χ2n) is 6.23. The Kier molecular flexibility index (Phi) is 5.54. The normalized spacial score (nSPS) is 11.0. The van der Waals surface area contributed by atoms with Crippen molar-refractivity contribution in [1.82, 2.24) is 9.38 Å². The number of fused-ring (bicyclic) bond motifs is 3. The summed E-state index contributed by atoms with van der Waals surface area (Å²) in [7, 11) is 0. The van der Waals surface area contributed by atoms with Crippen LogP contribution in [0.4, 0.5) is 0 Å². The molecule has 0 fully saturated rings. The molecule has 148 valence electrons. The first-order valence-electron chi connectivity index (χ1n) is 8.99. The highest BCUT2D eigenvalue weighted by Gasteiger charge is 2.10. The number of aromatic nitrogens is 2. The van der Waals surface area contributed by atoms with Crippen LogP contribution in [0.25, 0.3) is 21.3 Å². The van der Waals surface area contributed by atoms with E-state index >= 15 is 0 Å². The van der Waals surface area contributed by atoms with E-state index < -0.39 is 5.97 Å². The maximum atomic E-state index is 12.5. The zero-order valence-electron chi connectivity index (χ0n) is 15.6. The number of hydrogen-bond donors (Lipinski definition) is 0. The van der Waals surface area contributed by atoms with Crippen molar-refractivity contribution in [3.63, 3.8) is 0 Å². The summed E-state index contributed by atoms with van der Waals surface area (Å²) in [5.41, 5.74) is 1.77. The zero-order chi connectivity index (χ0) is 20.9. The Balaban J connectivity index is 1.41. The molecule has 0 saturated heterocycles. The van der Waals surface area contributed by atoms with Gasteiger partial charge in [-0.3, -0.25) is 9.20 Å². The first-order chi connectivity index (χ1) is 14.6. The first-order valence-corrected chi connectivity index (χ1v) is 9.80. The average Bonchev–Trinajstić information content (AvgIpc) is 3.14. The molecule has 0 unspecified atom stereocenters. The van der Waals surface area contributed by atoms with Crippen LogP contribution < -0.4 is 10.3 Å². The van der Waals surface area contributed by atoms with E-state index in [0.29, 0.717) is 16.4 Å². The van der Waals surface area contributed by atoms with Crippen LogP contribution in [0, 0.1) is 11.3 Å². The van der Waals surface area contributed by atoms with Gasteiger partial charge in [0.2, 0.25) is 0 Å². The van der Waals surface area contributed by atoms with Crippen LogP contribution in [0.15, 0.2) is 65.5 Å². The second-order valence-corrected chi connectivity index (χ2v) is 7.24. The molecule has 30 heavy (non-hydrogen) atoms. The minimum atomic E-state index is -0.543. The van der Waals surface area contributed by atoms with Crippen molar-refractivity contribution < 1.29 is 14.3 Å². The number of benzene rings is 2. The molecule has 0 atom stereocenters. The maximum absolute atomic E-state index is 12.5. The summed E-state index contributed by atoms with van der Waals surface area (Å²) in [6, 6.07) is 17.8. The SMILES string of the molecule is N#CCOc1ccc(C=CC(=O)OCc2cc(=O)n3c(n2)sc2ccccc23)cc1. The van der Waals surface area contributed by atoms with Gasteiger partial charge in [-0.2, -0.15) is 5.26 Å². The van der Waals surface area contributed by atoms with E-state index in [1.54, 1.807) is 34.7 Å². The Morgan fingerprint density at radius 1 is 1.20 bits per heavy atom. The lowest BCUT2D eigenvalue weighted by atomic mass is 10.2. The summed E-state index contributed by atoms with van der Waals surface area (Å²) in [5.74, 6) is 0.0309. The van der Waals surface area contributed by atoms with Crippen molar-refractivity contribution in [2.24, 2.45) is 0 Å². The van der Waals surface area contributed by atoms with Crippen molar-refractivity contribution in [3.05, 3.63) is 82.3 Å². The molecule has 0 saturated carbocycles. The van der Waals surface area contributed by atoms with E-state index in [4.69, 9.17) is 14.7 Å². The summed E-state index contributed by atoms with van der Waals surface area (Å²) < 4.78 is 12.9. The fraction of sp³-hybridized carbons (Fsp3) is 0.0909. The Morgan fingerprint density at radius 3 is 2.80 bits per heavy atom. The molecule has 7 nitrogen and oxygen atoms in total. The predicted octanol–water partition coefficient (Wildman–Crippen LogP) is 3.57. The number of nitriles is 1. The molecule has 0 N–H and O–H groups in total. The quantitative estimate of drug-likeness (QED) is 0.352. The van der Waals surface area contributed by atoms with Crippen molar-refractivity contribution >= 4 is 38.6 Å². The van der Waals surface area contributed by atoms with Gasteiger partial charge in [0.15, 0.2) is 11.6 Å². The molecule has 0 aliphatic rings. The fourth-order valence-electron chi connectivity index (χ4n) is 2.85. The number of hydrogen-bond acceptors (Lipinski definition) is 7. The van der Waals surface area contributed by atoms with Crippen LogP contribution in [0.1, 0.15) is 11.3 Å². The van der Waals surface area contributed by atoms with Gasteiger partial charge in [0.1, 0.15) is 18.4 Å². The van der Waals surface area contributed by atoms with Gasteiger partial charge in [-0.05, 0) is 35.9 Å². The maximum Gasteiger partial charge on any atom is 0.331 e. The van der Waals surface area contributed by atoms with E-state index in [1.807, 2.05) is 30.3 Å². The van der Waals surface area contributed by atoms with Gasteiger partial charge in [0.25, 0.3) is 5.56 Å². The third kappa shape index (κ3) is 4.21. The Morgan fingerprint density at radius 2 is 2.00 bits per heavy atom. The first kappa shape index (κ1) is 19.4. The third-order valence-electron chi connectivity index (χ3n) is 4.21. The van der Waals surface area contributed by atoms with Crippen LogP contribution in [0.2, 0.25) is 0 Å². The molecule has 0 spiro atoms. The molecule has 2 aromatic carbocycles. The number of esters is 1. The van der Waals surface area contributed by atoms with Gasteiger partial charge >= 0.3 is 5.97 Å². The monoisotopic (exact) mass is 417 g/mol. The molecular weight excluding hydrogens is 402 g/mol. The number of rotatable bonds is 6. The molecule has 0 bridgehead atoms. The van der Waals surface area contributed by atoms with Crippen LogP contribution in [-0.2, 0) is 16.1 Å². The standard InChI is InChI=1S/C22H15N3O4S/c23-11-12-28-17-8-5-15(6-9-17)7-10-21(27)29-14-16-13-20(26)25-18-3-1-2-4-19(18)30-22(25)24-16/h1-10,13H,12,14H2. The van der Waals surface area contributed by atoms with E-state index in [9.17, 15) is 9.59 Å². The van der Waals surface area contributed by atoms with Crippen molar-refractivity contribution in [2.45, 2.75) is 6.61 Å². The van der Waals surface area contributed by atoms with Crippen molar-refractivity contribution in [1.29, 1.82) is 5.26 Å². The highest BCUT2D eigenvalue weighted by atomic mass is 32.1. The number of thiazole rings is 1. The Bertz CT molecular complexity index is 1350. The summed E-state index contributed by atoms with van der Waals surface area (Å²) >= 11 is 1.41. The minimum Gasteiger partial charge on any atom is -0.479 e. The number of ether oxygens (including phenoxy) is 2. The Labute approximate surface area is 175 Å². The highest BCUT2D eigenvalue weighted by molar-refractivity contribution is 7.23. The molecule has 0 aliphatic carbocycles. The molecule has 0 radical (unpaired) electrons. The molecule has 4 rings (SSSR count). The van der Waals surface area contributed by atoms with Gasteiger partial charge in [-0.15, -0.1) is 0 Å². The third-order valence-corrected chi connectivity index (χ3v) is 5.23. The topological polar surface area (TPSA) is 93.7 Å². The molecule has 4 aromatic rings. The summed E-state index contributed by atoms with van der Waals surface area (Å²) in [4.78, 5) is 29.5.